The summed E-state index contributed by atoms with van der Waals surface area (Å²) in [5.74, 6) is -1.31. The zero-order valence-electron chi connectivity index (χ0n) is 17.5. The summed E-state index contributed by atoms with van der Waals surface area (Å²) in [7, 11) is -3.92. The minimum absolute atomic E-state index is 0.0398. The molecule has 0 N–H and O–H groups in total. The second kappa shape index (κ2) is 9.43. The molecule has 2 fully saturated rings. The maximum atomic E-state index is 13.5. The van der Waals surface area contributed by atoms with Gasteiger partial charge in [-0.1, -0.05) is 37.0 Å². The molecule has 2 aliphatic rings. The first-order chi connectivity index (χ1) is 14.3. The van der Waals surface area contributed by atoms with E-state index in [0.717, 1.165) is 37.7 Å². The van der Waals surface area contributed by atoms with Crippen LogP contribution in [-0.4, -0.2) is 48.9 Å². The Hall–Kier alpha value is -2.00. The fourth-order valence-electron chi connectivity index (χ4n) is 4.92. The van der Waals surface area contributed by atoms with Crippen LogP contribution >= 0.6 is 0 Å². The molecule has 166 valence electrons. The molecule has 1 heterocycles. The molecule has 1 aliphatic carbocycles. The van der Waals surface area contributed by atoms with Crippen molar-refractivity contribution in [2.75, 3.05) is 13.2 Å². The minimum atomic E-state index is -3.92. The van der Waals surface area contributed by atoms with Crippen molar-refractivity contribution < 1.29 is 22.9 Å². The van der Waals surface area contributed by atoms with Gasteiger partial charge in [-0.15, -0.1) is 0 Å². The summed E-state index contributed by atoms with van der Waals surface area (Å²) in [5.41, 5.74) is 0.933. The van der Waals surface area contributed by atoms with Gasteiger partial charge in [-0.05, 0) is 44.7 Å². The fraction of sp³-hybridized carbons (Fsp3) is 0.667. The van der Waals surface area contributed by atoms with Crippen molar-refractivity contribution in [3.8, 4) is 0 Å². The van der Waals surface area contributed by atoms with Crippen molar-refractivity contribution in [2.24, 2.45) is 11.8 Å². The smallest absolute Gasteiger partial charge is 0.306 e. The van der Waals surface area contributed by atoms with Gasteiger partial charge in [-0.2, -0.15) is 4.31 Å². The molecular weight excluding hydrogens is 408 g/mol. The lowest BCUT2D eigenvalue weighted by Gasteiger charge is -2.33. The van der Waals surface area contributed by atoms with E-state index in [1.165, 1.54) is 4.31 Å². The number of hydrogen-bond donors (Lipinski definition) is 0. The molecule has 8 nitrogen and oxygen atoms in total. The number of nitrogens with zero attached hydrogens (tertiary/aromatic N) is 2. The van der Waals surface area contributed by atoms with Crippen LogP contribution in [0.25, 0.3) is 0 Å². The summed E-state index contributed by atoms with van der Waals surface area (Å²) in [6, 6.07) is 4.67. The third-order valence-electron chi connectivity index (χ3n) is 6.32. The van der Waals surface area contributed by atoms with Gasteiger partial charge in [0.15, 0.2) is 0 Å². The van der Waals surface area contributed by atoms with Crippen LogP contribution < -0.4 is 0 Å². The molecule has 3 atom stereocenters. The van der Waals surface area contributed by atoms with E-state index in [9.17, 15) is 23.3 Å². The Kier molecular flexibility index (Phi) is 7.13. The second-order valence-corrected chi connectivity index (χ2v) is 10.2. The lowest BCUT2D eigenvalue weighted by atomic mass is 9.80. The molecule has 0 amide bonds. The number of sulfonamides is 1. The number of rotatable bonds is 7. The van der Waals surface area contributed by atoms with Crippen molar-refractivity contribution in [1.82, 2.24) is 4.31 Å². The van der Waals surface area contributed by atoms with Crippen molar-refractivity contribution in [3.63, 3.8) is 0 Å². The van der Waals surface area contributed by atoms with Crippen LogP contribution in [0.2, 0.25) is 0 Å². The molecule has 9 heteroatoms. The average Bonchev–Trinajstić information content (AvgIpc) is 3.09. The zero-order valence-corrected chi connectivity index (χ0v) is 18.3. The largest absolute Gasteiger partial charge is 0.466 e. The summed E-state index contributed by atoms with van der Waals surface area (Å²) in [5, 5.41) is 12.1. The van der Waals surface area contributed by atoms with Crippen molar-refractivity contribution in [3.05, 3.63) is 39.9 Å². The van der Waals surface area contributed by atoms with E-state index < -0.39 is 34.0 Å². The third kappa shape index (κ3) is 4.67. The quantitative estimate of drug-likeness (QED) is 0.368. The SMILES string of the molecule is CCOC(=O)C[C@@H]1CN(S(=O)(=O)c2ccc(C)cc2)[C@H](C2CCCCC2)[C@H]1[N+](=O)[O-]. The molecule has 0 spiro atoms. The molecule has 1 aliphatic heterocycles. The third-order valence-corrected chi connectivity index (χ3v) is 8.20. The predicted octanol–water partition coefficient (Wildman–Crippen LogP) is 3.16. The van der Waals surface area contributed by atoms with Crippen LogP contribution in [0.5, 0.6) is 0 Å². The van der Waals surface area contributed by atoms with E-state index in [-0.39, 0.29) is 35.3 Å². The molecule has 1 aromatic carbocycles. The van der Waals surface area contributed by atoms with Crippen molar-refractivity contribution >= 4 is 16.0 Å². The van der Waals surface area contributed by atoms with Crippen LogP contribution in [-0.2, 0) is 19.6 Å². The Balaban J connectivity index is 2.00. The minimum Gasteiger partial charge on any atom is -0.466 e. The van der Waals surface area contributed by atoms with Crippen LogP contribution in [0.1, 0.15) is 51.0 Å². The maximum Gasteiger partial charge on any atom is 0.306 e. The maximum absolute atomic E-state index is 13.5. The van der Waals surface area contributed by atoms with Crippen LogP contribution in [0.15, 0.2) is 29.2 Å². The van der Waals surface area contributed by atoms with Gasteiger partial charge in [0.1, 0.15) is 0 Å². The number of carbonyl (C=O) groups excluding carboxylic acids is 1. The summed E-state index contributed by atoms with van der Waals surface area (Å²) in [6.45, 7) is 3.69. The van der Waals surface area contributed by atoms with Crippen molar-refractivity contribution in [2.45, 2.75) is 69.4 Å². The van der Waals surface area contributed by atoms with Gasteiger partial charge in [0, 0.05) is 11.5 Å². The highest BCUT2D eigenvalue weighted by molar-refractivity contribution is 7.89. The molecule has 3 rings (SSSR count). The first kappa shape index (κ1) is 22.7. The zero-order chi connectivity index (χ0) is 21.9. The molecule has 0 unspecified atom stereocenters. The Morgan fingerprint density at radius 1 is 1.20 bits per heavy atom. The first-order valence-electron chi connectivity index (χ1n) is 10.6. The molecular formula is C21H30N2O6S. The first-order valence-corrected chi connectivity index (χ1v) is 12.1. The van der Waals surface area contributed by atoms with Crippen LogP contribution in [0, 0.1) is 28.9 Å². The lowest BCUT2D eigenvalue weighted by molar-refractivity contribution is -0.533. The van der Waals surface area contributed by atoms with Gasteiger partial charge in [0.25, 0.3) is 0 Å². The molecule has 1 aromatic rings. The van der Waals surface area contributed by atoms with Crippen LogP contribution in [0.3, 0.4) is 0 Å². The highest BCUT2D eigenvalue weighted by Crippen LogP contribution is 2.41. The number of benzene rings is 1. The molecule has 30 heavy (non-hydrogen) atoms. The summed E-state index contributed by atoms with van der Waals surface area (Å²) >= 11 is 0. The van der Waals surface area contributed by atoms with E-state index in [4.69, 9.17) is 4.74 Å². The number of carbonyl (C=O) groups is 1. The topological polar surface area (TPSA) is 107 Å². The highest BCUT2D eigenvalue weighted by Gasteiger charge is 2.57. The molecule has 0 bridgehead atoms. The van der Waals surface area contributed by atoms with E-state index in [1.54, 1.807) is 31.2 Å². The molecule has 0 radical (unpaired) electrons. The van der Waals surface area contributed by atoms with Gasteiger partial charge in [0.2, 0.25) is 16.1 Å². The van der Waals surface area contributed by atoms with E-state index >= 15 is 0 Å². The van der Waals surface area contributed by atoms with Gasteiger partial charge < -0.3 is 4.74 Å². The second-order valence-electron chi connectivity index (χ2n) is 8.32. The van der Waals surface area contributed by atoms with E-state index in [0.29, 0.717) is 0 Å². The number of nitro groups is 1. The van der Waals surface area contributed by atoms with E-state index in [2.05, 4.69) is 0 Å². The number of aryl methyl sites for hydroxylation is 1. The summed E-state index contributed by atoms with van der Waals surface area (Å²) in [4.78, 5) is 23.9. The summed E-state index contributed by atoms with van der Waals surface area (Å²) in [6.07, 6.45) is 4.31. The van der Waals surface area contributed by atoms with Crippen molar-refractivity contribution in [1.29, 1.82) is 0 Å². The molecule has 1 saturated carbocycles. The highest BCUT2D eigenvalue weighted by atomic mass is 32.2. The molecule has 0 aromatic heterocycles. The van der Waals surface area contributed by atoms with Gasteiger partial charge in [-0.25, -0.2) is 8.42 Å². The molecule has 1 saturated heterocycles. The van der Waals surface area contributed by atoms with E-state index in [1.807, 2.05) is 6.92 Å². The Bertz CT molecular complexity index is 864. The number of esters is 1. The Morgan fingerprint density at radius 2 is 1.83 bits per heavy atom. The monoisotopic (exact) mass is 438 g/mol. The summed E-state index contributed by atoms with van der Waals surface area (Å²) < 4.78 is 33.3. The lowest BCUT2D eigenvalue weighted by Crippen LogP contribution is -2.48. The Labute approximate surface area is 177 Å². The Morgan fingerprint density at radius 3 is 2.40 bits per heavy atom. The normalized spacial score (nSPS) is 25.9. The van der Waals surface area contributed by atoms with Crippen LogP contribution in [0.4, 0.5) is 0 Å². The standard InChI is InChI=1S/C21H30N2O6S/c1-3-29-19(24)13-17-14-22(30(27,28)18-11-9-15(2)10-12-18)20(21(17)23(25)26)16-7-5-4-6-8-16/h9-12,16-17,20-21H,3-8,13-14H2,1-2H3/t17-,20-,21+/m1/s1. The average molecular weight is 439 g/mol. The number of ether oxygens (including phenoxy) is 1. The fourth-order valence-corrected chi connectivity index (χ4v) is 6.68. The van der Waals surface area contributed by atoms with Gasteiger partial charge >= 0.3 is 5.97 Å². The van der Waals surface area contributed by atoms with Gasteiger partial charge in [-0.3, -0.25) is 14.9 Å². The predicted molar refractivity (Wildman–Crippen MR) is 111 cm³/mol. The number of hydrogen-bond acceptors (Lipinski definition) is 6. The van der Waals surface area contributed by atoms with Gasteiger partial charge in [0.05, 0.1) is 29.9 Å².